The molecule has 1 aliphatic rings. The van der Waals surface area contributed by atoms with E-state index in [1.54, 1.807) is 14.0 Å². The maximum Gasteiger partial charge on any atom is 0.251 e. The van der Waals surface area contributed by atoms with Crippen molar-refractivity contribution in [3.8, 4) is 0 Å². The molecular formula is C13H24ClN3O3S2. The predicted octanol–water partition coefficient (Wildman–Crippen LogP) is 1.48. The highest BCUT2D eigenvalue weighted by Gasteiger charge is 2.34. The molecule has 9 heteroatoms. The maximum atomic E-state index is 12.5. The molecule has 0 atom stereocenters. The lowest BCUT2D eigenvalue weighted by Crippen LogP contribution is -2.47. The fraction of sp³-hybridized carbons (Fsp3) is 0.769. The van der Waals surface area contributed by atoms with Crippen LogP contribution in [-0.4, -0.2) is 46.8 Å². The Morgan fingerprint density at radius 3 is 2.50 bits per heavy atom. The van der Waals surface area contributed by atoms with Crippen LogP contribution >= 0.6 is 23.7 Å². The molecule has 2 rings (SSSR count). The van der Waals surface area contributed by atoms with Crippen molar-refractivity contribution in [1.29, 1.82) is 0 Å². The van der Waals surface area contributed by atoms with Gasteiger partial charge >= 0.3 is 0 Å². The summed E-state index contributed by atoms with van der Waals surface area (Å²) in [6.07, 6.45) is 1.81. The first-order chi connectivity index (χ1) is 9.88. The molecule has 22 heavy (non-hydrogen) atoms. The van der Waals surface area contributed by atoms with Gasteiger partial charge in [0.05, 0.1) is 17.3 Å². The van der Waals surface area contributed by atoms with Gasteiger partial charge in [-0.1, -0.05) is 0 Å². The Kier molecular flexibility index (Phi) is 7.22. The molecule has 1 saturated heterocycles. The molecule has 2 heterocycles. The van der Waals surface area contributed by atoms with Gasteiger partial charge in [-0.05, 0) is 39.8 Å². The molecular weight excluding hydrogens is 346 g/mol. The van der Waals surface area contributed by atoms with E-state index >= 15 is 0 Å². The van der Waals surface area contributed by atoms with Crippen molar-refractivity contribution in [3.63, 3.8) is 0 Å². The Balaban J connectivity index is 0.00000242. The van der Waals surface area contributed by atoms with Crippen molar-refractivity contribution in [2.75, 3.05) is 33.4 Å². The van der Waals surface area contributed by atoms with Gasteiger partial charge in [-0.3, -0.25) is 0 Å². The third-order valence-corrected chi connectivity index (χ3v) is 6.94. The van der Waals surface area contributed by atoms with Crippen molar-refractivity contribution >= 4 is 33.8 Å². The van der Waals surface area contributed by atoms with Gasteiger partial charge in [0.1, 0.15) is 0 Å². The standard InChI is InChI=1S/C13H23N3O3S2.ClH/c1-10-12(20-11(2)16-10)21(17,18)15-8-13(9-19-3)4-6-14-7-5-13;/h14-15H,4-9H2,1-3H3;1H. The van der Waals surface area contributed by atoms with E-state index in [4.69, 9.17) is 4.74 Å². The average molecular weight is 370 g/mol. The number of thiazole rings is 1. The van der Waals surface area contributed by atoms with Crippen molar-refractivity contribution in [1.82, 2.24) is 15.0 Å². The summed E-state index contributed by atoms with van der Waals surface area (Å²) in [6, 6.07) is 0. The Morgan fingerprint density at radius 1 is 1.36 bits per heavy atom. The molecule has 1 aromatic rings. The van der Waals surface area contributed by atoms with E-state index in [2.05, 4.69) is 15.0 Å². The molecule has 0 aromatic carbocycles. The summed E-state index contributed by atoms with van der Waals surface area (Å²) in [5, 5.41) is 4.06. The van der Waals surface area contributed by atoms with Crippen LogP contribution in [0.15, 0.2) is 4.21 Å². The first-order valence-electron chi connectivity index (χ1n) is 7.02. The number of halogens is 1. The van der Waals surface area contributed by atoms with E-state index in [1.807, 2.05) is 6.92 Å². The average Bonchev–Trinajstić information content (AvgIpc) is 2.78. The van der Waals surface area contributed by atoms with Crippen LogP contribution in [0.3, 0.4) is 0 Å². The van der Waals surface area contributed by atoms with Crippen molar-refractivity contribution in [2.45, 2.75) is 30.9 Å². The number of ether oxygens (including phenoxy) is 1. The van der Waals surface area contributed by atoms with Gasteiger partial charge in [0.15, 0.2) is 4.21 Å². The summed E-state index contributed by atoms with van der Waals surface area (Å²) in [5.41, 5.74) is 0.442. The molecule has 1 fully saturated rings. The normalized spacial score (nSPS) is 18.0. The largest absolute Gasteiger partial charge is 0.384 e. The zero-order valence-corrected chi connectivity index (χ0v) is 15.6. The lowest BCUT2D eigenvalue weighted by molar-refractivity contribution is 0.0577. The first-order valence-corrected chi connectivity index (χ1v) is 9.32. The summed E-state index contributed by atoms with van der Waals surface area (Å²) in [6.45, 7) is 6.30. The zero-order valence-electron chi connectivity index (χ0n) is 13.1. The quantitative estimate of drug-likeness (QED) is 0.793. The number of sulfonamides is 1. The highest BCUT2D eigenvalue weighted by atomic mass is 35.5. The van der Waals surface area contributed by atoms with E-state index in [-0.39, 0.29) is 17.8 Å². The van der Waals surface area contributed by atoms with E-state index in [1.165, 1.54) is 11.3 Å². The minimum Gasteiger partial charge on any atom is -0.384 e. The van der Waals surface area contributed by atoms with Gasteiger partial charge in [0.25, 0.3) is 10.0 Å². The zero-order chi connectivity index (χ0) is 15.5. The summed E-state index contributed by atoms with van der Waals surface area (Å²) < 4.78 is 33.3. The summed E-state index contributed by atoms with van der Waals surface area (Å²) in [4.78, 5) is 4.19. The summed E-state index contributed by atoms with van der Waals surface area (Å²) >= 11 is 1.22. The number of aryl methyl sites for hydroxylation is 2. The number of piperidine rings is 1. The number of nitrogens with one attached hydrogen (secondary N) is 2. The third-order valence-electron chi connectivity index (χ3n) is 3.86. The number of rotatable bonds is 6. The lowest BCUT2D eigenvalue weighted by Gasteiger charge is -2.37. The number of hydrogen-bond acceptors (Lipinski definition) is 6. The number of aromatic nitrogens is 1. The first kappa shape index (κ1) is 19.8. The minimum atomic E-state index is -3.50. The molecule has 0 aliphatic carbocycles. The van der Waals surface area contributed by atoms with Crippen LogP contribution in [-0.2, 0) is 14.8 Å². The fourth-order valence-electron chi connectivity index (χ4n) is 2.71. The molecule has 0 bridgehead atoms. The van der Waals surface area contributed by atoms with Crippen LogP contribution in [0.25, 0.3) is 0 Å². The Bertz CT molecular complexity index is 578. The van der Waals surface area contributed by atoms with E-state index in [9.17, 15) is 8.42 Å². The summed E-state index contributed by atoms with van der Waals surface area (Å²) in [7, 11) is -1.83. The van der Waals surface area contributed by atoms with Crippen molar-refractivity contribution < 1.29 is 13.2 Å². The Labute approximate surface area is 142 Å². The van der Waals surface area contributed by atoms with Gasteiger partial charge in [0.2, 0.25) is 0 Å². The second kappa shape index (κ2) is 8.03. The van der Waals surface area contributed by atoms with Crippen LogP contribution in [0, 0.1) is 19.3 Å². The molecule has 0 amide bonds. The highest BCUT2D eigenvalue weighted by molar-refractivity contribution is 7.91. The fourth-order valence-corrected chi connectivity index (χ4v) is 5.39. The van der Waals surface area contributed by atoms with Gasteiger partial charge in [-0.15, -0.1) is 23.7 Å². The van der Waals surface area contributed by atoms with Gasteiger partial charge in [0, 0.05) is 19.1 Å². The second-order valence-corrected chi connectivity index (χ2v) is 8.78. The molecule has 0 saturated carbocycles. The van der Waals surface area contributed by atoms with Crippen LogP contribution in [0.5, 0.6) is 0 Å². The van der Waals surface area contributed by atoms with Gasteiger partial charge in [-0.2, -0.15) is 0 Å². The van der Waals surface area contributed by atoms with E-state index in [0.29, 0.717) is 23.1 Å². The molecule has 0 radical (unpaired) electrons. The Hall–Kier alpha value is -0.250. The summed E-state index contributed by atoms with van der Waals surface area (Å²) in [5.74, 6) is 0. The van der Waals surface area contributed by atoms with E-state index in [0.717, 1.165) is 30.9 Å². The van der Waals surface area contributed by atoms with Crippen molar-refractivity contribution in [2.24, 2.45) is 5.41 Å². The highest BCUT2D eigenvalue weighted by Crippen LogP contribution is 2.30. The smallest absolute Gasteiger partial charge is 0.251 e. The number of methoxy groups -OCH3 is 1. The number of hydrogen-bond donors (Lipinski definition) is 2. The molecule has 1 aliphatic heterocycles. The lowest BCUT2D eigenvalue weighted by atomic mass is 9.80. The number of nitrogens with zero attached hydrogens (tertiary/aromatic N) is 1. The van der Waals surface area contributed by atoms with Crippen LogP contribution in [0.4, 0.5) is 0 Å². The van der Waals surface area contributed by atoms with Gasteiger partial charge < -0.3 is 10.1 Å². The maximum absolute atomic E-state index is 12.5. The topological polar surface area (TPSA) is 80.3 Å². The molecule has 128 valence electrons. The van der Waals surface area contributed by atoms with Gasteiger partial charge in [-0.25, -0.2) is 18.1 Å². The van der Waals surface area contributed by atoms with Crippen LogP contribution < -0.4 is 10.0 Å². The predicted molar refractivity (Wildman–Crippen MR) is 90.4 cm³/mol. The van der Waals surface area contributed by atoms with Crippen molar-refractivity contribution in [3.05, 3.63) is 10.7 Å². The SMILES string of the molecule is COCC1(CNS(=O)(=O)c2sc(C)nc2C)CCNCC1.Cl. The van der Waals surface area contributed by atoms with Crippen LogP contribution in [0.1, 0.15) is 23.5 Å². The molecule has 0 unspecified atom stereocenters. The second-order valence-electron chi connectivity index (χ2n) is 5.61. The van der Waals surface area contributed by atoms with Crippen LogP contribution in [0.2, 0.25) is 0 Å². The monoisotopic (exact) mass is 369 g/mol. The molecule has 2 N–H and O–H groups in total. The minimum absolute atomic E-state index is 0. The Morgan fingerprint density at radius 2 is 2.00 bits per heavy atom. The third kappa shape index (κ3) is 4.62. The molecule has 0 spiro atoms. The molecule has 1 aromatic heterocycles. The van der Waals surface area contributed by atoms with E-state index < -0.39 is 10.0 Å². The molecule has 6 nitrogen and oxygen atoms in total.